The number of carbonyl (C=O) groups is 1. The molecule has 6 nitrogen and oxygen atoms in total. The summed E-state index contributed by atoms with van der Waals surface area (Å²) in [5.41, 5.74) is -0.534. The van der Waals surface area contributed by atoms with Crippen molar-refractivity contribution in [1.82, 2.24) is 0 Å². The van der Waals surface area contributed by atoms with E-state index in [1.165, 1.54) is 0 Å². The van der Waals surface area contributed by atoms with Crippen LogP contribution in [-0.4, -0.2) is 50.6 Å². The highest BCUT2D eigenvalue weighted by Crippen LogP contribution is 2.71. The lowest BCUT2D eigenvalue weighted by molar-refractivity contribution is -0.235. The number of allylic oxidation sites excluding steroid dienone is 1. The zero-order valence-electron chi connectivity index (χ0n) is 22.9. The SMILES string of the molecule is CC1=CC23C(=O)C(C=C(CO)C(O)C2(O)C1OC(O)c1ccccc1-c1ccccc1)C1C(CC3C)C1(C)C. The first-order valence-corrected chi connectivity index (χ1v) is 13.9. The van der Waals surface area contributed by atoms with Crippen molar-refractivity contribution < 1.29 is 30.0 Å². The van der Waals surface area contributed by atoms with Gasteiger partial charge in [-0.3, -0.25) is 4.79 Å². The van der Waals surface area contributed by atoms with Crippen LogP contribution in [0.25, 0.3) is 11.1 Å². The minimum Gasteiger partial charge on any atom is -0.392 e. The van der Waals surface area contributed by atoms with Crippen molar-refractivity contribution in [1.29, 1.82) is 0 Å². The Morgan fingerprint density at radius 3 is 2.44 bits per heavy atom. The number of carbonyl (C=O) groups excluding carboxylic acids is 1. The van der Waals surface area contributed by atoms with Gasteiger partial charge >= 0.3 is 0 Å². The van der Waals surface area contributed by atoms with Gasteiger partial charge in [0.1, 0.15) is 17.8 Å². The van der Waals surface area contributed by atoms with Gasteiger partial charge in [0.05, 0.1) is 12.0 Å². The largest absolute Gasteiger partial charge is 0.392 e. The topological polar surface area (TPSA) is 107 Å². The van der Waals surface area contributed by atoms with Crippen LogP contribution in [0, 0.1) is 34.5 Å². The Morgan fingerprint density at radius 2 is 1.74 bits per heavy atom. The van der Waals surface area contributed by atoms with Gasteiger partial charge in [0.15, 0.2) is 12.1 Å². The lowest BCUT2D eigenvalue weighted by Crippen LogP contribution is -2.65. The van der Waals surface area contributed by atoms with Crippen molar-refractivity contribution in [3.8, 4) is 11.1 Å². The van der Waals surface area contributed by atoms with Crippen LogP contribution in [-0.2, 0) is 9.53 Å². The molecule has 2 saturated carbocycles. The second-order valence-electron chi connectivity index (χ2n) is 12.7. The molecule has 4 aliphatic carbocycles. The molecule has 4 N–H and O–H groups in total. The average Bonchev–Trinajstić information content (AvgIpc) is 3.42. The minimum absolute atomic E-state index is 0.0364. The predicted molar refractivity (Wildman–Crippen MR) is 147 cm³/mol. The molecule has 0 radical (unpaired) electrons. The first-order valence-electron chi connectivity index (χ1n) is 13.9. The van der Waals surface area contributed by atoms with E-state index in [1.807, 2.05) is 55.5 Å². The fourth-order valence-electron chi connectivity index (χ4n) is 8.42. The van der Waals surface area contributed by atoms with E-state index in [0.29, 0.717) is 17.1 Å². The van der Waals surface area contributed by atoms with Gasteiger partial charge in [0.25, 0.3) is 0 Å². The molecule has 39 heavy (non-hydrogen) atoms. The Morgan fingerprint density at radius 1 is 1.08 bits per heavy atom. The van der Waals surface area contributed by atoms with E-state index in [-0.39, 0.29) is 28.6 Å². The fourth-order valence-corrected chi connectivity index (χ4v) is 8.42. The van der Waals surface area contributed by atoms with Crippen LogP contribution >= 0.6 is 0 Å². The van der Waals surface area contributed by atoms with Gasteiger partial charge in [0, 0.05) is 11.5 Å². The third kappa shape index (κ3) is 3.49. The number of ketones is 1. The van der Waals surface area contributed by atoms with Crippen molar-refractivity contribution >= 4 is 5.78 Å². The van der Waals surface area contributed by atoms with Crippen molar-refractivity contribution in [2.45, 2.75) is 58.2 Å². The number of rotatable bonds is 5. The quantitative estimate of drug-likeness (QED) is 0.341. The van der Waals surface area contributed by atoms with E-state index in [2.05, 4.69) is 13.8 Å². The zero-order chi connectivity index (χ0) is 27.9. The summed E-state index contributed by atoms with van der Waals surface area (Å²) in [7, 11) is 0. The average molecular weight is 531 g/mol. The molecule has 4 aliphatic rings. The molecule has 2 bridgehead atoms. The molecule has 0 amide bonds. The molecule has 9 atom stereocenters. The molecular weight excluding hydrogens is 492 g/mol. The summed E-state index contributed by atoms with van der Waals surface area (Å²) in [4.78, 5) is 14.5. The molecule has 206 valence electrons. The van der Waals surface area contributed by atoms with E-state index < -0.39 is 42.0 Å². The Bertz CT molecular complexity index is 1360. The molecule has 0 saturated heterocycles. The van der Waals surface area contributed by atoms with Crippen LogP contribution in [0.3, 0.4) is 0 Å². The summed E-state index contributed by atoms with van der Waals surface area (Å²) in [6.07, 6.45) is 0.0683. The molecule has 6 rings (SSSR count). The molecule has 6 heteroatoms. The van der Waals surface area contributed by atoms with E-state index >= 15 is 0 Å². The molecule has 0 aliphatic heterocycles. The Balaban J connectivity index is 1.44. The fraction of sp³-hybridized carbons (Fsp3) is 0.485. The van der Waals surface area contributed by atoms with Gasteiger partial charge in [0.2, 0.25) is 0 Å². The van der Waals surface area contributed by atoms with E-state index in [1.54, 1.807) is 25.1 Å². The number of aliphatic hydroxyl groups excluding tert-OH is 3. The third-order valence-corrected chi connectivity index (χ3v) is 10.5. The molecule has 2 fully saturated rings. The number of aliphatic hydroxyl groups is 4. The molecule has 2 aromatic carbocycles. The van der Waals surface area contributed by atoms with E-state index in [0.717, 1.165) is 17.5 Å². The standard InChI is InChI=1S/C33H38O6/c1-18-16-32-19(2)14-25-26(31(25,3)4)24(28(32)36)15-21(17-34)27(35)33(32,38)29(18)39-30(37)23-13-9-8-12-22(23)20-10-6-5-7-11-20/h5-13,15-16,19,24-27,29-30,34-35,37-38H,14,17H2,1-4H3. The molecule has 1 spiro atoms. The monoisotopic (exact) mass is 530 g/mol. The maximum Gasteiger partial charge on any atom is 0.182 e. The van der Waals surface area contributed by atoms with E-state index in [4.69, 9.17) is 4.74 Å². The molecule has 0 aromatic heterocycles. The normalized spacial score (nSPS) is 39.0. The van der Waals surface area contributed by atoms with Gasteiger partial charge in [-0.1, -0.05) is 87.5 Å². The van der Waals surface area contributed by atoms with Gasteiger partial charge in [-0.05, 0) is 58.8 Å². The lowest BCUT2D eigenvalue weighted by atomic mass is 9.59. The maximum atomic E-state index is 14.5. The summed E-state index contributed by atoms with van der Waals surface area (Å²) in [5.74, 6) is -0.559. The number of ether oxygens (including phenoxy) is 1. The summed E-state index contributed by atoms with van der Waals surface area (Å²) < 4.78 is 6.28. The number of hydrogen-bond acceptors (Lipinski definition) is 6. The van der Waals surface area contributed by atoms with Crippen molar-refractivity contribution in [3.63, 3.8) is 0 Å². The summed E-state index contributed by atoms with van der Waals surface area (Å²) in [6.45, 7) is 7.60. The van der Waals surface area contributed by atoms with Gasteiger partial charge in [-0.15, -0.1) is 0 Å². The van der Waals surface area contributed by atoms with Crippen molar-refractivity contribution in [2.75, 3.05) is 6.61 Å². The lowest BCUT2D eigenvalue weighted by Gasteiger charge is -2.49. The van der Waals surface area contributed by atoms with Crippen LogP contribution in [0.4, 0.5) is 0 Å². The highest BCUT2D eigenvalue weighted by atomic mass is 16.6. The number of hydrogen-bond donors (Lipinski definition) is 4. The van der Waals surface area contributed by atoms with Gasteiger partial charge < -0.3 is 25.2 Å². The number of Topliss-reactive ketones (excluding diaryl/α,β-unsaturated/α-hetero) is 1. The smallest absolute Gasteiger partial charge is 0.182 e. The van der Waals surface area contributed by atoms with E-state index in [9.17, 15) is 25.2 Å². The highest BCUT2D eigenvalue weighted by molar-refractivity contribution is 5.95. The van der Waals surface area contributed by atoms with Crippen LogP contribution in [0.5, 0.6) is 0 Å². The van der Waals surface area contributed by atoms with Crippen molar-refractivity contribution in [3.05, 3.63) is 83.5 Å². The third-order valence-electron chi connectivity index (χ3n) is 10.5. The Labute approximate surface area is 229 Å². The van der Waals surface area contributed by atoms with Crippen LogP contribution < -0.4 is 0 Å². The first kappa shape index (κ1) is 26.6. The molecular formula is C33H38O6. The summed E-state index contributed by atoms with van der Waals surface area (Å²) >= 11 is 0. The Hall–Kier alpha value is -2.61. The molecule has 9 unspecified atom stereocenters. The number of benzene rings is 2. The van der Waals surface area contributed by atoms with Gasteiger partial charge in [-0.2, -0.15) is 0 Å². The summed E-state index contributed by atoms with van der Waals surface area (Å²) in [5, 5.41) is 46.2. The highest BCUT2D eigenvalue weighted by Gasteiger charge is 2.76. The Kier molecular flexibility index (Phi) is 6.10. The van der Waals surface area contributed by atoms with Crippen LogP contribution in [0.1, 0.15) is 46.0 Å². The second-order valence-corrected chi connectivity index (χ2v) is 12.7. The number of fused-ring (bicyclic) bond motifs is 3. The molecule has 2 aromatic rings. The summed E-state index contributed by atoms with van der Waals surface area (Å²) in [6, 6.07) is 17.0. The zero-order valence-corrected chi connectivity index (χ0v) is 22.9. The van der Waals surface area contributed by atoms with Crippen LogP contribution in [0.2, 0.25) is 0 Å². The second kappa shape index (κ2) is 8.95. The first-order chi connectivity index (χ1) is 18.5. The minimum atomic E-state index is -2.10. The predicted octanol–water partition coefficient (Wildman–Crippen LogP) is 4.20. The maximum absolute atomic E-state index is 14.5. The van der Waals surface area contributed by atoms with Crippen molar-refractivity contribution in [2.24, 2.45) is 34.5 Å². The van der Waals surface area contributed by atoms with Crippen LogP contribution in [0.15, 0.2) is 77.9 Å². The van der Waals surface area contributed by atoms with Gasteiger partial charge in [-0.25, -0.2) is 0 Å². The molecule has 0 heterocycles.